The van der Waals surface area contributed by atoms with E-state index in [4.69, 9.17) is 9.15 Å². The van der Waals surface area contributed by atoms with Crippen LogP contribution in [0.2, 0.25) is 0 Å². The molecule has 1 amide bonds. The molecule has 1 saturated heterocycles. The summed E-state index contributed by atoms with van der Waals surface area (Å²) in [5.74, 6) is -1.28. The number of hydrogen-bond donors (Lipinski definition) is 3. The number of ether oxygens (including phenoxy) is 1. The fourth-order valence-electron chi connectivity index (χ4n) is 3.24. The maximum absolute atomic E-state index is 14.9. The van der Waals surface area contributed by atoms with Gasteiger partial charge >= 0.3 is 11.4 Å². The number of amides is 1. The van der Waals surface area contributed by atoms with Gasteiger partial charge in [-0.25, -0.2) is 14.0 Å². The summed E-state index contributed by atoms with van der Waals surface area (Å²) in [4.78, 5) is 40.2. The van der Waals surface area contributed by atoms with Gasteiger partial charge < -0.3 is 24.7 Å². The maximum atomic E-state index is 14.9. The smallest absolute Gasteiger partial charge is 0.408 e. The lowest BCUT2D eigenvalue weighted by Gasteiger charge is -2.23. The van der Waals surface area contributed by atoms with Gasteiger partial charge in [-0.15, -0.1) is 0 Å². The van der Waals surface area contributed by atoms with E-state index in [0.29, 0.717) is 5.52 Å². The SMILES string of the molecule is Cn1c(=O)oc2cc(C(=O)Nc3ccn(C4O[C@H](CO)[C@@H](O)C4(F)I)c(=O)n3)ccc21. The van der Waals surface area contributed by atoms with Gasteiger partial charge in [-0.1, -0.05) is 0 Å². The molecule has 1 aliphatic heterocycles. The molecule has 0 radical (unpaired) electrons. The lowest BCUT2D eigenvalue weighted by atomic mass is 10.1. The van der Waals surface area contributed by atoms with Gasteiger partial charge in [-0.05, 0) is 46.9 Å². The molecule has 3 aromatic rings. The number of anilines is 1. The molecule has 3 N–H and O–H groups in total. The largest absolute Gasteiger partial charge is 0.419 e. The molecule has 164 valence electrons. The first kappa shape index (κ1) is 21.6. The van der Waals surface area contributed by atoms with Crippen molar-refractivity contribution in [2.75, 3.05) is 11.9 Å². The van der Waals surface area contributed by atoms with Gasteiger partial charge in [0.2, 0.25) is 3.68 Å². The Balaban J connectivity index is 1.57. The number of benzene rings is 1. The summed E-state index contributed by atoms with van der Waals surface area (Å²) in [6.45, 7) is -0.630. The summed E-state index contributed by atoms with van der Waals surface area (Å²) in [5.41, 5.74) is -0.0383. The number of nitrogens with one attached hydrogen (secondary N) is 1. The summed E-state index contributed by atoms with van der Waals surface area (Å²) in [6, 6.07) is 5.66. The highest BCUT2D eigenvalue weighted by molar-refractivity contribution is 14.1. The van der Waals surface area contributed by atoms with Crippen LogP contribution in [0, 0.1) is 0 Å². The molecule has 3 heterocycles. The number of halogens is 2. The molecule has 0 bridgehead atoms. The molecule has 13 heteroatoms. The first-order chi connectivity index (χ1) is 14.6. The minimum atomic E-state index is -2.38. The van der Waals surface area contributed by atoms with Crippen LogP contribution in [-0.4, -0.2) is 52.7 Å². The van der Waals surface area contributed by atoms with Crippen molar-refractivity contribution in [2.24, 2.45) is 7.05 Å². The predicted octanol–water partition coefficient (Wildman–Crippen LogP) is 0.292. The molecule has 0 spiro atoms. The minimum Gasteiger partial charge on any atom is -0.408 e. The van der Waals surface area contributed by atoms with Crippen LogP contribution < -0.4 is 16.8 Å². The van der Waals surface area contributed by atoms with Gasteiger partial charge in [0.15, 0.2) is 11.8 Å². The van der Waals surface area contributed by atoms with Crippen LogP contribution in [0.4, 0.5) is 10.2 Å². The Morgan fingerprint density at radius 1 is 1.39 bits per heavy atom. The molecule has 2 aromatic heterocycles. The fourth-order valence-corrected chi connectivity index (χ4v) is 4.09. The number of fused-ring (bicyclic) bond motifs is 1. The normalized spacial score (nSPS) is 25.8. The van der Waals surface area contributed by atoms with E-state index < -0.39 is 46.1 Å². The second-order valence-corrected chi connectivity index (χ2v) is 8.55. The number of aliphatic hydroxyl groups excluding tert-OH is 2. The number of alkyl halides is 2. The number of hydrogen-bond acceptors (Lipinski definition) is 8. The van der Waals surface area contributed by atoms with Crippen LogP contribution in [0.1, 0.15) is 16.6 Å². The summed E-state index contributed by atoms with van der Waals surface area (Å²) >= 11 is 1.32. The molecular formula is C18H16FIN4O7. The van der Waals surface area contributed by atoms with E-state index in [-0.39, 0.29) is 17.0 Å². The van der Waals surface area contributed by atoms with Gasteiger partial charge in [-0.3, -0.25) is 13.9 Å². The molecular weight excluding hydrogens is 530 g/mol. The van der Waals surface area contributed by atoms with Gasteiger partial charge in [0.05, 0.1) is 12.1 Å². The molecule has 2 unspecified atom stereocenters. The van der Waals surface area contributed by atoms with E-state index in [1.54, 1.807) is 6.07 Å². The van der Waals surface area contributed by atoms with Crippen LogP contribution in [0.3, 0.4) is 0 Å². The summed E-state index contributed by atoms with van der Waals surface area (Å²) in [6.07, 6.45) is -3.21. The summed E-state index contributed by atoms with van der Waals surface area (Å²) < 4.78 is 24.9. The average molecular weight is 546 g/mol. The zero-order valence-corrected chi connectivity index (χ0v) is 18.0. The van der Waals surface area contributed by atoms with Crippen LogP contribution in [0.15, 0.2) is 44.5 Å². The van der Waals surface area contributed by atoms with Crippen LogP contribution in [-0.2, 0) is 11.8 Å². The number of aryl methyl sites for hydroxylation is 1. The molecule has 4 rings (SSSR count). The fraction of sp³-hybridized carbons (Fsp3) is 0.333. The van der Waals surface area contributed by atoms with Gasteiger partial charge in [-0.2, -0.15) is 4.98 Å². The topological polar surface area (TPSA) is 149 Å². The zero-order valence-electron chi connectivity index (χ0n) is 15.9. The molecule has 0 aliphatic carbocycles. The third-order valence-corrected chi connectivity index (χ3v) is 6.11. The van der Waals surface area contributed by atoms with Crippen molar-refractivity contribution in [3.63, 3.8) is 0 Å². The Bertz CT molecular complexity index is 1280. The molecule has 31 heavy (non-hydrogen) atoms. The van der Waals surface area contributed by atoms with Crippen molar-refractivity contribution < 1.29 is 28.6 Å². The Hall–Kier alpha value is -2.62. The third kappa shape index (κ3) is 3.66. The van der Waals surface area contributed by atoms with Gasteiger partial charge in [0, 0.05) is 18.8 Å². The molecule has 11 nitrogen and oxygen atoms in total. The Morgan fingerprint density at radius 3 is 2.77 bits per heavy atom. The molecule has 1 aromatic carbocycles. The number of aromatic nitrogens is 3. The quantitative estimate of drug-likeness (QED) is 0.313. The van der Waals surface area contributed by atoms with Crippen molar-refractivity contribution in [2.45, 2.75) is 22.1 Å². The first-order valence-electron chi connectivity index (χ1n) is 8.96. The van der Waals surface area contributed by atoms with Crippen molar-refractivity contribution >= 4 is 45.4 Å². The van der Waals surface area contributed by atoms with E-state index in [1.807, 2.05) is 0 Å². The monoisotopic (exact) mass is 546 g/mol. The third-order valence-electron chi connectivity index (χ3n) is 4.94. The highest BCUT2D eigenvalue weighted by atomic mass is 127. The van der Waals surface area contributed by atoms with Crippen LogP contribution >= 0.6 is 22.6 Å². The second-order valence-electron chi connectivity index (χ2n) is 6.90. The number of carbonyl (C=O) groups is 1. The number of carbonyl (C=O) groups excluding carboxylic acids is 1. The Kier molecular flexibility index (Phi) is 5.45. The number of aliphatic hydroxyl groups is 2. The predicted molar refractivity (Wildman–Crippen MR) is 113 cm³/mol. The highest BCUT2D eigenvalue weighted by Crippen LogP contribution is 2.45. The van der Waals surface area contributed by atoms with Crippen LogP contribution in [0.5, 0.6) is 0 Å². The zero-order chi connectivity index (χ0) is 22.5. The second kappa shape index (κ2) is 7.81. The average Bonchev–Trinajstić information content (AvgIpc) is 3.14. The molecule has 1 fully saturated rings. The Morgan fingerprint density at radius 2 is 2.13 bits per heavy atom. The lowest BCUT2D eigenvalue weighted by Crippen LogP contribution is -2.40. The number of rotatable bonds is 4. The lowest BCUT2D eigenvalue weighted by molar-refractivity contribution is -0.0499. The maximum Gasteiger partial charge on any atom is 0.419 e. The number of oxazole rings is 1. The molecule has 1 aliphatic rings. The van der Waals surface area contributed by atoms with Crippen LogP contribution in [0.25, 0.3) is 11.1 Å². The van der Waals surface area contributed by atoms with E-state index in [1.165, 1.54) is 52.4 Å². The van der Waals surface area contributed by atoms with E-state index in [2.05, 4.69) is 10.3 Å². The van der Waals surface area contributed by atoms with Crippen molar-refractivity contribution in [1.82, 2.24) is 14.1 Å². The molecule has 4 atom stereocenters. The van der Waals surface area contributed by atoms with E-state index >= 15 is 0 Å². The summed E-state index contributed by atoms with van der Waals surface area (Å²) in [5, 5.41) is 21.6. The standard InChI is InChI=1S/C18H16FIN4O7/c1-23-9-3-2-8(6-10(9)31-17(23)29)14(27)21-12-4-5-24(16(28)22-12)15-18(19,20)13(26)11(7-25)30-15/h2-6,11,13,15,25-26H,7H2,1H3,(H,21,22,27,28)/t11-,13-,15?,18?/m1/s1. The van der Waals surface area contributed by atoms with Gasteiger partial charge in [0.1, 0.15) is 18.0 Å². The minimum absolute atomic E-state index is 0.101. The highest BCUT2D eigenvalue weighted by Gasteiger charge is 2.56. The van der Waals surface area contributed by atoms with Gasteiger partial charge in [0.25, 0.3) is 5.91 Å². The Labute approximate surface area is 186 Å². The first-order valence-corrected chi connectivity index (χ1v) is 10.0. The van der Waals surface area contributed by atoms with Crippen molar-refractivity contribution in [3.8, 4) is 0 Å². The van der Waals surface area contributed by atoms with E-state index in [0.717, 1.165) is 10.8 Å². The van der Waals surface area contributed by atoms with E-state index in [9.17, 15) is 29.0 Å². The molecule has 0 saturated carbocycles. The summed E-state index contributed by atoms with van der Waals surface area (Å²) in [7, 11) is 1.53. The number of nitrogens with zero attached hydrogens (tertiary/aromatic N) is 3. The van der Waals surface area contributed by atoms with Crippen molar-refractivity contribution in [3.05, 3.63) is 57.1 Å². The van der Waals surface area contributed by atoms with Crippen molar-refractivity contribution in [1.29, 1.82) is 0 Å².